The highest BCUT2D eigenvalue weighted by Crippen LogP contribution is 2.57. The number of anilines is 1. The summed E-state index contributed by atoms with van der Waals surface area (Å²) in [7, 11) is -0.941. The Bertz CT molecular complexity index is 952. The first kappa shape index (κ1) is 19.9. The fourth-order valence-electron chi connectivity index (χ4n) is 3.18. The number of benzene rings is 1. The summed E-state index contributed by atoms with van der Waals surface area (Å²) in [6, 6.07) is 8.20. The van der Waals surface area contributed by atoms with E-state index in [2.05, 4.69) is 32.5 Å². The maximum Gasteiger partial charge on any atom is 0.200 e. The maximum atomic E-state index is 13.7. The number of rotatable bonds is 9. The lowest BCUT2D eigenvalue weighted by Gasteiger charge is -2.27. The molecule has 146 valence electrons. The molecule has 27 heavy (non-hydrogen) atoms. The molecule has 2 heterocycles. The summed E-state index contributed by atoms with van der Waals surface area (Å²) in [6.07, 6.45) is 2.45. The highest BCUT2D eigenvalue weighted by Gasteiger charge is 2.33. The number of methoxy groups -OCH3 is 1. The molecule has 0 radical (unpaired) electrons. The van der Waals surface area contributed by atoms with Crippen LogP contribution in [0.3, 0.4) is 0 Å². The number of imidazole rings is 1. The van der Waals surface area contributed by atoms with Crippen molar-refractivity contribution in [3.8, 4) is 5.75 Å². The van der Waals surface area contributed by atoms with E-state index in [9.17, 15) is 4.57 Å². The Hall–Kier alpha value is -1.82. The normalized spacial score (nSPS) is 14.8. The first-order valence-electron chi connectivity index (χ1n) is 9.16. The first-order chi connectivity index (χ1) is 13.0. The van der Waals surface area contributed by atoms with E-state index in [0.29, 0.717) is 25.2 Å². The third kappa shape index (κ3) is 4.37. The molecule has 0 saturated carbocycles. The van der Waals surface area contributed by atoms with Gasteiger partial charge in [0.2, 0.25) is 0 Å². The summed E-state index contributed by atoms with van der Waals surface area (Å²) in [4.78, 5) is 8.63. The summed E-state index contributed by atoms with van der Waals surface area (Å²) in [5.41, 5.74) is 0.796. The Morgan fingerprint density at radius 3 is 2.78 bits per heavy atom. The van der Waals surface area contributed by atoms with E-state index in [1.807, 2.05) is 39.1 Å². The summed E-state index contributed by atoms with van der Waals surface area (Å²) in [5, 5.41) is 7.76. The van der Waals surface area contributed by atoms with Crippen molar-refractivity contribution in [2.75, 3.05) is 31.7 Å². The fraction of sp³-hybridized carbons (Fsp3) is 0.421. The van der Waals surface area contributed by atoms with Crippen LogP contribution in [-0.4, -0.2) is 36.3 Å². The molecule has 0 aliphatic carbocycles. The van der Waals surface area contributed by atoms with Gasteiger partial charge in [0, 0.05) is 28.5 Å². The highest BCUT2D eigenvalue weighted by molar-refractivity contribution is 7.62. The molecule has 0 saturated heterocycles. The lowest BCUT2D eigenvalue weighted by atomic mass is 10.2. The topological polar surface area (TPSA) is 79.0 Å². The zero-order valence-corrected chi connectivity index (χ0v) is 17.9. The third-order valence-electron chi connectivity index (χ3n) is 4.64. The Morgan fingerprint density at radius 1 is 1.33 bits per heavy atom. The van der Waals surface area contributed by atoms with E-state index in [1.165, 1.54) is 0 Å². The van der Waals surface area contributed by atoms with Gasteiger partial charge in [-0.25, -0.2) is 4.98 Å². The number of H-pyrrole nitrogens is 1. The number of aromatic amines is 1. The monoisotopic (exact) mass is 406 g/mol. The smallest absolute Gasteiger partial charge is 0.200 e. The van der Waals surface area contributed by atoms with Crippen molar-refractivity contribution in [3.05, 3.63) is 41.0 Å². The highest BCUT2D eigenvalue weighted by atomic mass is 32.1. The van der Waals surface area contributed by atoms with Gasteiger partial charge in [0.25, 0.3) is 0 Å². The van der Waals surface area contributed by atoms with Crippen molar-refractivity contribution in [3.63, 3.8) is 0 Å². The van der Waals surface area contributed by atoms with Crippen molar-refractivity contribution in [2.24, 2.45) is 0 Å². The average molecular weight is 406 g/mol. The molecule has 0 bridgehead atoms. The molecule has 6 nitrogen and oxygen atoms in total. The fourth-order valence-corrected chi connectivity index (χ4v) is 7.22. The second-order valence-electron chi connectivity index (χ2n) is 6.46. The van der Waals surface area contributed by atoms with Crippen LogP contribution in [0.25, 0.3) is 10.1 Å². The van der Waals surface area contributed by atoms with Crippen LogP contribution in [0.4, 0.5) is 5.95 Å². The van der Waals surface area contributed by atoms with Crippen molar-refractivity contribution in [2.45, 2.75) is 26.4 Å². The van der Waals surface area contributed by atoms with Crippen molar-refractivity contribution in [1.29, 1.82) is 0 Å². The summed E-state index contributed by atoms with van der Waals surface area (Å²) < 4.78 is 20.2. The van der Waals surface area contributed by atoms with E-state index >= 15 is 0 Å². The molecule has 0 aliphatic rings. The Labute approximate surface area is 164 Å². The van der Waals surface area contributed by atoms with Gasteiger partial charge < -0.3 is 19.6 Å². The molecule has 3 aromatic rings. The van der Waals surface area contributed by atoms with Gasteiger partial charge in [-0.2, -0.15) is 0 Å². The van der Waals surface area contributed by atoms with Crippen LogP contribution in [0, 0.1) is 6.92 Å². The summed E-state index contributed by atoms with van der Waals surface area (Å²) in [5.74, 6) is 1.54. The molecule has 0 fully saturated rings. The number of thiophene rings is 1. The van der Waals surface area contributed by atoms with E-state index < -0.39 is 7.29 Å². The van der Waals surface area contributed by atoms with Crippen molar-refractivity contribution < 1.29 is 9.30 Å². The first-order valence-corrected chi connectivity index (χ1v) is 11.9. The van der Waals surface area contributed by atoms with Crippen LogP contribution >= 0.6 is 18.6 Å². The largest absolute Gasteiger partial charge is 0.497 e. The lowest BCUT2D eigenvalue weighted by molar-refractivity contribution is 0.415. The number of fused-ring (bicyclic) bond motifs is 1. The molecule has 1 aromatic carbocycles. The second kappa shape index (κ2) is 8.46. The van der Waals surface area contributed by atoms with Crippen LogP contribution in [0.1, 0.15) is 30.1 Å². The van der Waals surface area contributed by atoms with Gasteiger partial charge in [-0.1, -0.05) is 13.8 Å². The van der Waals surface area contributed by atoms with Gasteiger partial charge in [0.05, 0.1) is 18.5 Å². The molecule has 8 heteroatoms. The molecular weight excluding hydrogens is 379 g/mol. The van der Waals surface area contributed by atoms with E-state index in [0.717, 1.165) is 26.4 Å². The molecule has 0 spiro atoms. The van der Waals surface area contributed by atoms with Crippen LogP contribution < -0.4 is 15.1 Å². The predicted molar refractivity (Wildman–Crippen MR) is 115 cm³/mol. The zero-order chi connectivity index (χ0) is 19.4. The van der Waals surface area contributed by atoms with Gasteiger partial charge in [0.15, 0.2) is 13.2 Å². The quantitative estimate of drug-likeness (QED) is 0.436. The van der Waals surface area contributed by atoms with Crippen molar-refractivity contribution in [1.82, 2.24) is 15.1 Å². The van der Waals surface area contributed by atoms with E-state index in [1.54, 1.807) is 18.4 Å². The maximum absolute atomic E-state index is 13.7. The van der Waals surface area contributed by atoms with Crippen LogP contribution in [0.15, 0.2) is 30.5 Å². The zero-order valence-electron chi connectivity index (χ0n) is 16.2. The van der Waals surface area contributed by atoms with Crippen LogP contribution in [-0.2, 0) is 4.57 Å². The number of nitrogens with one attached hydrogen (secondary N) is 3. The minimum atomic E-state index is -2.61. The Kier molecular flexibility index (Phi) is 6.25. The van der Waals surface area contributed by atoms with E-state index in [4.69, 9.17) is 4.74 Å². The van der Waals surface area contributed by atoms with Crippen LogP contribution in [0.5, 0.6) is 5.75 Å². The second-order valence-corrected chi connectivity index (χ2v) is 10.7. The van der Waals surface area contributed by atoms with Crippen molar-refractivity contribution >= 4 is 34.7 Å². The van der Waals surface area contributed by atoms with Gasteiger partial charge in [-0.3, -0.25) is 5.09 Å². The molecule has 3 N–H and O–H groups in total. The number of hydrogen-bond donors (Lipinski definition) is 3. The van der Waals surface area contributed by atoms with Gasteiger partial charge in [0.1, 0.15) is 5.75 Å². The molecule has 2 unspecified atom stereocenters. The molecule has 2 aromatic heterocycles. The van der Waals surface area contributed by atoms with Gasteiger partial charge >= 0.3 is 0 Å². The molecule has 2 atom stereocenters. The Balaban J connectivity index is 1.96. The molecule has 0 amide bonds. The summed E-state index contributed by atoms with van der Waals surface area (Å²) >= 11 is 1.68. The number of aryl methyl sites for hydroxylation is 1. The van der Waals surface area contributed by atoms with E-state index in [-0.39, 0.29) is 5.66 Å². The number of aromatic nitrogens is 2. The summed E-state index contributed by atoms with van der Waals surface area (Å²) in [6.45, 7) is 7.16. The minimum absolute atomic E-state index is 0.128. The van der Waals surface area contributed by atoms with Gasteiger partial charge in [-0.05, 0) is 43.1 Å². The SMILES string of the molecule is CCNP(=O)(CC)C(CNc1nc(C)c[nH]1)c1cc2ccc(OC)cc2s1. The molecule has 3 rings (SSSR count). The number of nitrogens with zero attached hydrogens (tertiary/aromatic N) is 1. The van der Waals surface area contributed by atoms with Crippen LogP contribution in [0.2, 0.25) is 0 Å². The number of hydrogen-bond acceptors (Lipinski definition) is 5. The standard InChI is InChI=1S/C19H27N4O2PS/c1-5-22-26(24,6-2)16(12-21-19-20-11-13(3)23-19)18-9-14-7-8-15(25-4)10-17(14)27-18/h7-11,16H,5-6,12H2,1-4H3,(H,22,24)(H2,20,21,23). The molecule has 0 aliphatic heterocycles. The average Bonchev–Trinajstić information content (AvgIpc) is 3.27. The number of ether oxygens (including phenoxy) is 1. The third-order valence-corrected chi connectivity index (χ3v) is 9.29. The minimum Gasteiger partial charge on any atom is -0.497 e. The van der Waals surface area contributed by atoms with Gasteiger partial charge in [-0.15, -0.1) is 11.3 Å². The Morgan fingerprint density at radius 2 is 2.15 bits per heavy atom. The predicted octanol–water partition coefficient (Wildman–Crippen LogP) is 5.00. The molecular formula is C19H27N4O2PS. The lowest BCUT2D eigenvalue weighted by Crippen LogP contribution is -2.22.